The number of nitrogens with zero attached hydrogens (tertiary/aromatic N) is 6. The van der Waals surface area contributed by atoms with E-state index in [9.17, 15) is 0 Å². The molecule has 1 N–H and O–H groups in total. The summed E-state index contributed by atoms with van der Waals surface area (Å²) in [5, 5.41) is 17.5. The molecule has 2 rings (SSSR count). The second kappa shape index (κ2) is 5.02. The number of aromatic amines is 1. The van der Waals surface area contributed by atoms with Crippen LogP contribution in [0.3, 0.4) is 0 Å². The molecule has 0 radical (unpaired) electrons. The quantitative estimate of drug-likeness (QED) is 0.830. The van der Waals surface area contributed by atoms with Crippen LogP contribution in [0.1, 0.15) is 29.0 Å². The van der Waals surface area contributed by atoms with Gasteiger partial charge in [-0.3, -0.25) is 0 Å². The van der Waals surface area contributed by atoms with Crippen molar-refractivity contribution in [3.63, 3.8) is 0 Å². The highest BCUT2D eigenvalue weighted by Gasteiger charge is 2.07. The average Bonchev–Trinajstić information content (AvgIpc) is 2.81. The molecule has 0 aliphatic carbocycles. The molecule has 2 aromatic rings. The Morgan fingerprint density at radius 2 is 1.72 bits per heavy atom. The van der Waals surface area contributed by atoms with Gasteiger partial charge in [0.25, 0.3) is 0 Å². The average molecular weight is 239 g/mol. The predicted octanol–water partition coefficient (Wildman–Crippen LogP) is 0.432. The Balaban J connectivity index is 2.14. The van der Waals surface area contributed by atoms with E-state index in [4.69, 9.17) is 10.5 Å². The molecule has 0 fully saturated rings. The van der Waals surface area contributed by atoms with Crippen molar-refractivity contribution in [1.29, 1.82) is 10.5 Å². The number of imidazole rings is 1. The van der Waals surface area contributed by atoms with Crippen LogP contribution in [0.25, 0.3) is 0 Å². The molecule has 18 heavy (non-hydrogen) atoms. The number of hydrogen-bond acceptors (Lipinski definition) is 6. The molecule has 0 aliphatic heterocycles. The van der Waals surface area contributed by atoms with Gasteiger partial charge < -0.3 is 4.98 Å². The molecule has 0 bridgehead atoms. The lowest BCUT2D eigenvalue weighted by molar-refractivity contribution is 0.806. The first-order valence-electron chi connectivity index (χ1n) is 5.27. The van der Waals surface area contributed by atoms with Crippen LogP contribution in [-0.2, 0) is 12.8 Å². The summed E-state index contributed by atoms with van der Waals surface area (Å²) in [4.78, 5) is 18.8. The standard InChI is InChI=1S/C11H9N7/c1-7-14-6-8(15-7)2-3-9-16-10(4-12)18-11(5-13)17-9/h6H,2-3H2,1H3,(H,14,15). The minimum atomic E-state index is -0.0326. The van der Waals surface area contributed by atoms with E-state index in [1.54, 1.807) is 0 Å². The Hall–Kier alpha value is -2.80. The first-order valence-corrected chi connectivity index (χ1v) is 5.27. The smallest absolute Gasteiger partial charge is 0.236 e. The van der Waals surface area contributed by atoms with Crippen LogP contribution >= 0.6 is 0 Å². The van der Waals surface area contributed by atoms with Crippen molar-refractivity contribution < 1.29 is 0 Å². The lowest BCUT2D eigenvalue weighted by Crippen LogP contribution is -2.05. The molecular weight excluding hydrogens is 230 g/mol. The Morgan fingerprint density at radius 1 is 1.06 bits per heavy atom. The Bertz CT molecular complexity index is 612. The summed E-state index contributed by atoms with van der Waals surface area (Å²) < 4.78 is 0. The lowest BCUT2D eigenvalue weighted by atomic mass is 10.2. The number of aromatic nitrogens is 5. The summed E-state index contributed by atoms with van der Waals surface area (Å²) in [5.74, 6) is 1.21. The third-order valence-corrected chi connectivity index (χ3v) is 2.25. The molecule has 88 valence electrons. The molecule has 7 nitrogen and oxygen atoms in total. The summed E-state index contributed by atoms with van der Waals surface area (Å²) >= 11 is 0. The van der Waals surface area contributed by atoms with Gasteiger partial charge in [-0.15, -0.1) is 0 Å². The first kappa shape index (κ1) is 11.7. The monoisotopic (exact) mass is 239 g/mol. The maximum absolute atomic E-state index is 8.74. The zero-order chi connectivity index (χ0) is 13.0. The van der Waals surface area contributed by atoms with Gasteiger partial charge in [0.15, 0.2) is 0 Å². The number of H-pyrrole nitrogens is 1. The second-order valence-corrected chi connectivity index (χ2v) is 3.60. The third-order valence-electron chi connectivity index (χ3n) is 2.25. The number of hydrogen-bond donors (Lipinski definition) is 1. The van der Waals surface area contributed by atoms with E-state index in [1.165, 1.54) is 0 Å². The zero-order valence-corrected chi connectivity index (χ0v) is 9.67. The van der Waals surface area contributed by atoms with E-state index in [0.29, 0.717) is 18.7 Å². The molecular formula is C11H9N7. The zero-order valence-electron chi connectivity index (χ0n) is 9.67. The lowest BCUT2D eigenvalue weighted by Gasteiger charge is -1.98. The highest BCUT2D eigenvalue weighted by atomic mass is 15.0. The fourth-order valence-corrected chi connectivity index (χ4v) is 1.47. The van der Waals surface area contributed by atoms with Gasteiger partial charge >= 0.3 is 0 Å². The van der Waals surface area contributed by atoms with E-state index in [-0.39, 0.29) is 11.6 Å². The molecule has 0 atom stereocenters. The summed E-state index contributed by atoms with van der Waals surface area (Å²) in [6.07, 6.45) is 2.97. The summed E-state index contributed by atoms with van der Waals surface area (Å²) in [7, 11) is 0. The van der Waals surface area contributed by atoms with E-state index in [0.717, 1.165) is 11.5 Å². The van der Waals surface area contributed by atoms with Gasteiger partial charge in [-0.2, -0.15) is 15.5 Å². The van der Waals surface area contributed by atoms with Crippen LogP contribution in [0.4, 0.5) is 0 Å². The third kappa shape index (κ3) is 2.66. The van der Waals surface area contributed by atoms with Crippen molar-refractivity contribution >= 4 is 0 Å². The number of aryl methyl sites for hydroxylation is 3. The van der Waals surface area contributed by atoms with Crippen molar-refractivity contribution in [1.82, 2.24) is 24.9 Å². The molecule has 0 unspecified atom stereocenters. The normalized spacial score (nSPS) is 9.72. The molecule has 0 aliphatic rings. The second-order valence-electron chi connectivity index (χ2n) is 3.60. The fraction of sp³-hybridized carbons (Fsp3) is 0.273. The van der Waals surface area contributed by atoms with Gasteiger partial charge in [0.1, 0.15) is 23.8 Å². The Kier molecular flexibility index (Phi) is 3.26. The van der Waals surface area contributed by atoms with E-state index < -0.39 is 0 Å². The van der Waals surface area contributed by atoms with Crippen LogP contribution in [0.2, 0.25) is 0 Å². The van der Waals surface area contributed by atoms with Gasteiger partial charge in [-0.05, 0) is 13.3 Å². The number of nitriles is 2. The maximum atomic E-state index is 8.74. The summed E-state index contributed by atoms with van der Waals surface area (Å²) in [5.41, 5.74) is 0.893. The fourth-order valence-electron chi connectivity index (χ4n) is 1.47. The van der Waals surface area contributed by atoms with Gasteiger partial charge in [0.2, 0.25) is 11.6 Å². The van der Waals surface area contributed by atoms with Crippen molar-refractivity contribution in [2.75, 3.05) is 0 Å². The highest BCUT2D eigenvalue weighted by molar-refractivity contribution is 5.18. The number of rotatable bonds is 3. The van der Waals surface area contributed by atoms with Crippen molar-refractivity contribution in [2.24, 2.45) is 0 Å². The summed E-state index contributed by atoms with van der Waals surface area (Å²) in [6, 6.07) is 3.62. The summed E-state index contributed by atoms with van der Waals surface area (Å²) in [6.45, 7) is 1.87. The first-order chi connectivity index (χ1) is 8.71. The van der Waals surface area contributed by atoms with Crippen LogP contribution in [0.5, 0.6) is 0 Å². The van der Waals surface area contributed by atoms with Gasteiger partial charge in [-0.25, -0.2) is 15.0 Å². The Labute approximate surface area is 103 Å². The topological polar surface area (TPSA) is 115 Å². The molecule has 2 heterocycles. The number of nitrogens with one attached hydrogen (secondary N) is 1. The van der Waals surface area contributed by atoms with Crippen LogP contribution in [-0.4, -0.2) is 24.9 Å². The maximum Gasteiger partial charge on any atom is 0.236 e. The molecule has 2 aromatic heterocycles. The molecule has 0 spiro atoms. The Morgan fingerprint density at radius 3 is 2.22 bits per heavy atom. The van der Waals surface area contributed by atoms with Crippen molar-refractivity contribution in [3.8, 4) is 12.1 Å². The van der Waals surface area contributed by atoms with Crippen LogP contribution in [0, 0.1) is 29.6 Å². The van der Waals surface area contributed by atoms with E-state index in [1.807, 2.05) is 25.3 Å². The van der Waals surface area contributed by atoms with E-state index in [2.05, 4.69) is 24.9 Å². The molecule has 0 amide bonds. The highest BCUT2D eigenvalue weighted by Crippen LogP contribution is 2.02. The molecule has 0 saturated heterocycles. The van der Waals surface area contributed by atoms with Crippen molar-refractivity contribution in [2.45, 2.75) is 19.8 Å². The minimum Gasteiger partial charge on any atom is -0.349 e. The largest absolute Gasteiger partial charge is 0.349 e. The molecule has 0 aromatic carbocycles. The minimum absolute atomic E-state index is 0.0326. The SMILES string of the molecule is Cc1nc(CCc2nc(C#N)nc(C#N)n2)c[nH]1. The molecule has 7 heteroatoms. The van der Waals surface area contributed by atoms with Crippen LogP contribution < -0.4 is 0 Å². The van der Waals surface area contributed by atoms with Gasteiger partial charge in [0.05, 0.1) is 5.69 Å². The molecule has 0 saturated carbocycles. The van der Waals surface area contributed by atoms with Crippen LogP contribution in [0.15, 0.2) is 6.20 Å². The van der Waals surface area contributed by atoms with E-state index >= 15 is 0 Å². The van der Waals surface area contributed by atoms with Crippen molar-refractivity contribution in [3.05, 3.63) is 35.2 Å². The predicted molar refractivity (Wildman–Crippen MR) is 60.0 cm³/mol. The van der Waals surface area contributed by atoms with Gasteiger partial charge in [-0.1, -0.05) is 0 Å². The van der Waals surface area contributed by atoms with Gasteiger partial charge in [0, 0.05) is 12.6 Å².